The molecule has 0 unspecified atom stereocenters. The third kappa shape index (κ3) is 4.63. The van der Waals surface area contributed by atoms with Crippen LogP contribution in [0.4, 0.5) is 10.1 Å². The maximum atomic E-state index is 15.4. The van der Waals surface area contributed by atoms with Gasteiger partial charge < -0.3 is 19.5 Å². The van der Waals surface area contributed by atoms with Crippen molar-refractivity contribution < 1.29 is 18.4 Å². The van der Waals surface area contributed by atoms with Crippen LogP contribution in [0.1, 0.15) is 42.8 Å². The third-order valence-corrected chi connectivity index (χ3v) is 6.32. The molecule has 4 heterocycles. The first-order valence-corrected chi connectivity index (χ1v) is 11.9. The Balaban J connectivity index is 1.37. The van der Waals surface area contributed by atoms with Gasteiger partial charge in [0.05, 0.1) is 35.6 Å². The molecule has 4 aromatic rings. The van der Waals surface area contributed by atoms with E-state index in [4.69, 9.17) is 20.9 Å². The second-order valence-corrected chi connectivity index (χ2v) is 9.87. The molecular weight excluding hydrogens is 489 g/mol. The van der Waals surface area contributed by atoms with E-state index >= 15 is 4.39 Å². The topological polar surface area (TPSA) is 111 Å². The zero-order chi connectivity index (χ0) is 25.4. The fraction of sp³-hybridized carbons (Fsp3) is 0.375. The number of rotatable bonds is 5. The van der Waals surface area contributed by atoms with Gasteiger partial charge >= 0.3 is 11.8 Å². The van der Waals surface area contributed by atoms with E-state index in [1.165, 1.54) is 6.33 Å². The molecule has 188 valence electrons. The molecular formula is C24H25ClFN7O3. The fourth-order valence-electron chi connectivity index (χ4n) is 3.90. The van der Waals surface area contributed by atoms with Gasteiger partial charge in [-0.2, -0.15) is 10.1 Å². The van der Waals surface area contributed by atoms with Gasteiger partial charge in [0.2, 0.25) is 0 Å². The van der Waals surface area contributed by atoms with Gasteiger partial charge in [-0.25, -0.2) is 13.9 Å². The predicted octanol–water partition coefficient (Wildman–Crippen LogP) is 3.64. The van der Waals surface area contributed by atoms with E-state index in [0.717, 1.165) is 18.8 Å². The van der Waals surface area contributed by atoms with E-state index < -0.39 is 11.7 Å². The van der Waals surface area contributed by atoms with Gasteiger partial charge in [-0.05, 0) is 17.7 Å². The van der Waals surface area contributed by atoms with Crippen LogP contribution in [0.2, 0.25) is 5.02 Å². The summed E-state index contributed by atoms with van der Waals surface area (Å²) in [6.07, 6.45) is 3.26. The second-order valence-electron chi connectivity index (χ2n) is 9.49. The minimum atomic E-state index is -0.633. The molecule has 10 nitrogen and oxygen atoms in total. The molecule has 0 bridgehead atoms. The van der Waals surface area contributed by atoms with Crippen LogP contribution in [-0.4, -0.2) is 56.9 Å². The number of nitrogens with zero attached hydrogens (tertiary/aromatic N) is 6. The molecule has 1 aromatic carbocycles. The Bertz CT molecular complexity index is 1420. The summed E-state index contributed by atoms with van der Waals surface area (Å²) in [5.41, 5.74) is 2.31. The Morgan fingerprint density at radius 3 is 2.75 bits per heavy atom. The molecule has 0 radical (unpaired) electrons. The lowest BCUT2D eigenvalue weighted by atomic mass is 9.96. The first-order valence-electron chi connectivity index (χ1n) is 11.5. The van der Waals surface area contributed by atoms with E-state index in [0.29, 0.717) is 35.8 Å². The SMILES string of the molecule is CC(C)(C)c1noc(C(=O)NCc2ccc(-c3ncnn4cc(N5CCOCC5)cc34)c(F)c2Cl)n1. The highest BCUT2D eigenvalue weighted by atomic mass is 35.5. The summed E-state index contributed by atoms with van der Waals surface area (Å²) in [4.78, 5) is 23.1. The monoisotopic (exact) mass is 513 g/mol. The van der Waals surface area contributed by atoms with Crippen molar-refractivity contribution in [1.82, 2.24) is 30.1 Å². The Morgan fingerprint density at radius 1 is 1.25 bits per heavy atom. The van der Waals surface area contributed by atoms with Crippen molar-refractivity contribution in [2.45, 2.75) is 32.7 Å². The largest absolute Gasteiger partial charge is 0.378 e. The zero-order valence-corrected chi connectivity index (χ0v) is 20.8. The molecule has 0 atom stereocenters. The number of amides is 1. The van der Waals surface area contributed by atoms with Crippen molar-refractivity contribution in [2.24, 2.45) is 0 Å². The number of aromatic nitrogens is 5. The number of fused-ring (bicyclic) bond motifs is 1. The average Bonchev–Trinajstić information content (AvgIpc) is 3.53. The summed E-state index contributed by atoms with van der Waals surface area (Å²) in [6.45, 7) is 8.54. The summed E-state index contributed by atoms with van der Waals surface area (Å²) in [7, 11) is 0. The van der Waals surface area contributed by atoms with Gasteiger partial charge in [0.1, 0.15) is 12.0 Å². The number of hydrogen-bond acceptors (Lipinski definition) is 8. The van der Waals surface area contributed by atoms with Crippen molar-refractivity contribution in [3.63, 3.8) is 0 Å². The molecule has 0 saturated carbocycles. The molecule has 1 fully saturated rings. The molecule has 3 aromatic heterocycles. The van der Waals surface area contributed by atoms with E-state index in [1.54, 1.807) is 16.6 Å². The van der Waals surface area contributed by atoms with Crippen LogP contribution >= 0.6 is 11.6 Å². The first kappa shape index (κ1) is 24.1. The summed E-state index contributed by atoms with van der Waals surface area (Å²) >= 11 is 6.37. The lowest BCUT2D eigenvalue weighted by Gasteiger charge is -2.27. The Kier molecular flexibility index (Phi) is 6.35. The van der Waals surface area contributed by atoms with Crippen LogP contribution in [0.3, 0.4) is 0 Å². The highest BCUT2D eigenvalue weighted by Gasteiger charge is 2.24. The van der Waals surface area contributed by atoms with Gasteiger partial charge in [-0.3, -0.25) is 4.79 Å². The van der Waals surface area contributed by atoms with Gasteiger partial charge in [0.15, 0.2) is 11.6 Å². The smallest absolute Gasteiger partial charge is 0.315 e. The number of morpholine rings is 1. The highest BCUT2D eigenvalue weighted by molar-refractivity contribution is 6.31. The number of ether oxygens (including phenoxy) is 1. The molecule has 0 spiro atoms. The van der Waals surface area contributed by atoms with Crippen LogP contribution < -0.4 is 10.2 Å². The summed E-state index contributed by atoms with van der Waals surface area (Å²) in [5, 5.41) is 10.7. The van der Waals surface area contributed by atoms with Crippen molar-refractivity contribution >= 4 is 28.7 Å². The van der Waals surface area contributed by atoms with E-state index in [2.05, 4.69) is 30.4 Å². The molecule has 1 saturated heterocycles. The normalized spacial score (nSPS) is 14.4. The van der Waals surface area contributed by atoms with Crippen LogP contribution in [0.15, 0.2) is 35.2 Å². The van der Waals surface area contributed by atoms with Crippen molar-refractivity contribution in [3.05, 3.63) is 58.8 Å². The Labute approximate surface area is 211 Å². The number of benzene rings is 1. The maximum absolute atomic E-state index is 15.4. The lowest BCUT2D eigenvalue weighted by molar-refractivity contribution is 0.0907. The average molecular weight is 514 g/mol. The molecule has 12 heteroatoms. The van der Waals surface area contributed by atoms with E-state index in [-0.39, 0.29) is 28.4 Å². The van der Waals surface area contributed by atoms with Crippen LogP contribution in [0, 0.1) is 5.82 Å². The second kappa shape index (κ2) is 9.47. The van der Waals surface area contributed by atoms with Crippen molar-refractivity contribution in [3.8, 4) is 11.3 Å². The predicted molar refractivity (Wildman–Crippen MR) is 131 cm³/mol. The number of carbonyl (C=O) groups is 1. The Hall–Kier alpha value is -3.57. The molecule has 5 rings (SSSR count). The van der Waals surface area contributed by atoms with Gasteiger partial charge in [0.25, 0.3) is 0 Å². The van der Waals surface area contributed by atoms with Crippen LogP contribution in [-0.2, 0) is 16.7 Å². The molecule has 1 aliphatic heterocycles. The summed E-state index contributed by atoms with van der Waals surface area (Å²) in [6, 6.07) is 5.18. The quantitative estimate of drug-likeness (QED) is 0.430. The molecule has 1 amide bonds. The minimum Gasteiger partial charge on any atom is -0.378 e. The molecule has 36 heavy (non-hydrogen) atoms. The summed E-state index contributed by atoms with van der Waals surface area (Å²) < 4.78 is 27.6. The van der Waals surface area contributed by atoms with Crippen molar-refractivity contribution in [1.29, 1.82) is 0 Å². The van der Waals surface area contributed by atoms with Crippen LogP contribution in [0.25, 0.3) is 16.8 Å². The number of halogens is 2. The minimum absolute atomic E-state index is 0.0202. The number of carbonyl (C=O) groups excluding carboxylic acids is 1. The van der Waals surface area contributed by atoms with Gasteiger partial charge in [-0.15, -0.1) is 0 Å². The first-order chi connectivity index (χ1) is 17.2. The lowest BCUT2D eigenvalue weighted by Crippen LogP contribution is -2.35. The third-order valence-electron chi connectivity index (χ3n) is 5.92. The maximum Gasteiger partial charge on any atom is 0.315 e. The van der Waals surface area contributed by atoms with Crippen LogP contribution in [0.5, 0.6) is 0 Å². The molecule has 0 aliphatic carbocycles. The summed E-state index contributed by atoms with van der Waals surface area (Å²) in [5.74, 6) is -0.953. The van der Waals surface area contributed by atoms with Gasteiger partial charge in [0, 0.05) is 30.6 Å². The molecule has 1 N–H and O–H groups in total. The van der Waals surface area contributed by atoms with Crippen molar-refractivity contribution in [2.75, 3.05) is 31.2 Å². The molecule has 1 aliphatic rings. The Morgan fingerprint density at radius 2 is 2.03 bits per heavy atom. The fourth-order valence-corrected chi connectivity index (χ4v) is 4.13. The highest BCUT2D eigenvalue weighted by Crippen LogP contribution is 2.33. The standard InChI is InChI=1S/C24H25ClFN7O3/c1-24(2,3)23-30-22(36-31-23)21(34)27-11-14-4-5-16(19(26)18(14)25)20-17-10-15(12-33(17)29-13-28-20)32-6-8-35-9-7-32/h4-5,10,12-13H,6-9,11H2,1-3H3,(H,27,34). The number of anilines is 1. The van der Waals surface area contributed by atoms with E-state index in [9.17, 15) is 4.79 Å². The number of hydrogen-bond donors (Lipinski definition) is 1. The zero-order valence-electron chi connectivity index (χ0n) is 20.1. The van der Waals surface area contributed by atoms with E-state index in [1.807, 2.05) is 33.0 Å². The van der Waals surface area contributed by atoms with Gasteiger partial charge in [-0.1, -0.05) is 43.6 Å². The number of nitrogens with one attached hydrogen (secondary N) is 1.